The third-order valence-corrected chi connectivity index (χ3v) is 5.68. The molecule has 15 heteroatoms. The van der Waals surface area contributed by atoms with Crippen LogP contribution in [0.5, 0.6) is 0 Å². The Kier molecular flexibility index (Phi) is 8.44. The minimum atomic E-state index is -5.35. The molecule has 3 rings (SSSR count). The van der Waals surface area contributed by atoms with Gasteiger partial charge >= 0.3 is 41.9 Å². The van der Waals surface area contributed by atoms with Crippen LogP contribution >= 0.6 is 0 Å². The number of anilines is 1. The van der Waals surface area contributed by atoms with Gasteiger partial charge in [0.1, 0.15) is 15.8 Å². The van der Waals surface area contributed by atoms with E-state index in [0.717, 1.165) is 12.3 Å². The maximum atomic E-state index is 13.2. The molecule has 0 spiro atoms. The van der Waals surface area contributed by atoms with Crippen LogP contribution < -0.4 is 34.5 Å². The summed E-state index contributed by atoms with van der Waals surface area (Å²) in [4.78, 5) is 17.4. The van der Waals surface area contributed by atoms with Crippen molar-refractivity contribution >= 4 is 21.7 Å². The summed E-state index contributed by atoms with van der Waals surface area (Å²) in [6, 6.07) is 2.61. The summed E-state index contributed by atoms with van der Waals surface area (Å²) < 4.78 is 111. The molecule has 33 heavy (non-hydrogen) atoms. The Hall–Kier alpha value is -1.87. The van der Waals surface area contributed by atoms with Crippen LogP contribution in [0.2, 0.25) is 0 Å². The van der Waals surface area contributed by atoms with E-state index in [9.17, 15) is 39.6 Å². The molecule has 1 amide bonds. The molecule has 1 saturated heterocycles. The second-order valence-corrected chi connectivity index (χ2v) is 8.18. The molecule has 1 aromatic carbocycles. The van der Waals surface area contributed by atoms with E-state index >= 15 is 0 Å². The number of carbonyl (C=O) groups is 1. The van der Waals surface area contributed by atoms with E-state index in [1.165, 1.54) is 6.07 Å². The van der Waals surface area contributed by atoms with Crippen molar-refractivity contribution in [2.45, 2.75) is 17.2 Å². The van der Waals surface area contributed by atoms with Crippen LogP contribution in [-0.2, 0) is 27.1 Å². The molecular weight excluding hydrogens is 491 g/mol. The number of amides is 1. The predicted octanol–water partition coefficient (Wildman–Crippen LogP) is 0.863. The Labute approximate surface area is 206 Å². The zero-order valence-electron chi connectivity index (χ0n) is 16.9. The summed E-state index contributed by atoms with van der Waals surface area (Å²) in [7, 11) is -4.78. The van der Waals surface area contributed by atoms with Crippen LogP contribution in [0.15, 0.2) is 41.4 Å². The van der Waals surface area contributed by atoms with Gasteiger partial charge in [-0.3, -0.25) is 0 Å². The fraction of sp³-hybridized carbons (Fsp3) is 0.333. The molecule has 0 radical (unpaired) electrons. The normalized spacial score (nSPS) is 15.0. The van der Waals surface area contributed by atoms with Crippen LogP contribution in [0.1, 0.15) is 21.5 Å². The number of morpholine rings is 1. The Balaban J connectivity index is 0.00000385. The molecule has 174 valence electrons. The first-order chi connectivity index (χ1) is 14.8. The molecule has 0 atom stereocenters. The standard InChI is InChI=1S/C18H15F6N3O4S.Na/c19-17(20,21)11-1-3-13(14(9-11)18(22,23)24)16(28)26-32(29,30)12-2-4-15(25-10-12)27-5-7-31-8-6-27;/h1-4,9-10H,5-8H2,(H,26,28);/q;+1/p-1. The molecule has 0 aliphatic carbocycles. The molecule has 7 nitrogen and oxygen atoms in total. The second-order valence-electron chi connectivity index (χ2n) is 6.58. The SMILES string of the molecule is O=C([N-]S(=O)(=O)c1ccc(N2CCOCC2)nc1)c1ccc(C(F)(F)F)cc1C(F)(F)F.[Na+]. The van der Waals surface area contributed by atoms with Gasteiger partial charge in [0.25, 0.3) is 0 Å². The van der Waals surface area contributed by atoms with Crippen LogP contribution in [0.3, 0.4) is 0 Å². The van der Waals surface area contributed by atoms with Crippen molar-refractivity contribution in [3.05, 3.63) is 57.9 Å². The van der Waals surface area contributed by atoms with Gasteiger partial charge in [-0.15, -0.1) is 0 Å². The number of sulfonamides is 1. The summed E-state index contributed by atoms with van der Waals surface area (Å²) in [6.45, 7) is 1.91. The molecule has 1 aliphatic heterocycles. The molecule has 2 heterocycles. The molecule has 0 saturated carbocycles. The Morgan fingerprint density at radius 2 is 1.64 bits per heavy atom. The van der Waals surface area contributed by atoms with Crippen molar-refractivity contribution in [2.75, 3.05) is 31.2 Å². The van der Waals surface area contributed by atoms with E-state index in [0.29, 0.717) is 32.1 Å². The van der Waals surface area contributed by atoms with Gasteiger partial charge in [-0.2, -0.15) is 26.3 Å². The van der Waals surface area contributed by atoms with E-state index in [1.807, 2.05) is 0 Å². The third-order valence-electron chi connectivity index (χ3n) is 4.44. The van der Waals surface area contributed by atoms with Crippen molar-refractivity contribution in [1.82, 2.24) is 4.98 Å². The minimum absolute atomic E-state index is 0. The summed E-state index contributed by atoms with van der Waals surface area (Å²) in [5.74, 6) is -1.44. The molecule has 2 aromatic rings. The topological polar surface area (TPSA) is 90.7 Å². The van der Waals surface area contributed by atoms with Crippen LogP contribution in [0.4, 0.5) is 32.2 Å². The van der Waals surface area contributed by atoms with E-state index < -0.39 is 49.9 Å². The largest absolute Gasteiger partial charge is 1.00 e. The number of carbonyl (C=O) groups excluding carboxylic acids is 1. The second kappa shape index (κ2) is 10.2. The summed E-state index contributed by atoms with van der Waals surface area (Å²) in [6.07, 6.45) is -9.57. The molecule has 1 aromatic heterocycles. The number of rotatable bonds is 4. The summed E-state index contributed by atoms with van der Waals surface area (Å²) >= 11 is 0. The maximum absolute atomic E-state index is 13.2. The van der Waals surface area contributed by atoms with Crippen molar-refractivity contribution in [3.63, 3.8) is 0 Å². The van der Waals surface area contributed by atoms with E-state index in [2.05, 4.69) is 9.71 Å². The van der Waals surface area contributed by atoms with Crippen molar-refractivity contribution in [1.29, 1.82) is 0 Å². The van der Waals surface area contributed by atoms with E-state index in [1.54, 1.807) is 4.90 Å². The fourth-order valence-corrected chi connectivity index (χ4v) is 3.71. The molecular formula is C18H14F6N3NaO4S. The molecule has 0 N–H and O–H groups in total. The molecule has 0 unspecified atom stereocenters. The first-order valence-electron chi connectivity index (χ1n) is 8.88. The molecule has 1 aliphatic rings. The maximum Gasteiger partial charge on any atom is 1.00 e. The van der Waals surface area contributed by atoms with E-state index in [4.69, 9.17) is 4.74 Å². The number of alkyl halides is 6. The molecule has 1 fully saturated rings. The van der Waals surface area contributed by atoms with Crippen molar-refractivity contribution < 1.29 is 73.8 Å². The number of halogens is 6. The fourth-order valence-electron chi connectivity index (χ4n) is 2.86. The van der Waals surface area contributed by atoms with Crippen molar-refractivity contribution in [3.8, 4) is 0 Å². The summed E-state index contributed by atoms with van der Waals surface area (Å²) in [5, 5.41) is 0. The first-order valence-corrected chi connectivity index (χ1v) is 10.3. The van der Waals surface area contributed by atoms with Gasteiger partial charge in [-0.25, -0.2) is 13.4 Å². The minimum Gasteiger partial charge on any atom is -0.537 e. The number of pyridine rings is 1. The van der Waals surface area contributed by atoms with Gasteiger partial charge in [0.2, 0.25) is 0 Å². The number of ether oxygens (including phenoxy) is 1. The number of hydrogen-bond acceptors (Lipinski definition) is 6. The average Bonchev–Trinajstić information content (AvgIpc) is 2.72. The quantitative estimate of drug-likeness (QED) is 0.453. The van der Waals surface area contributed by atoms with Crippen LogP contribution in [0.25, 0.3) is 4.72 Å². The van der Waals surface area contributed by atoms with Gasteiger partial charge in [0.15, 0.2) is 0 Å². The zero-order chi connectivity index (χ0) is 23.7. The predicted molar refractivity (Wildman–Crippen MR) is 98.6 cm³/mol. The first kappa shape index (κ1) is 27.4. The van der Waals surface area contributed by atoms with Gasteiger partial charge in [-0.1, -0.05) is 6.07 Å². The number of aromatic nitrogens is 1. The number of hydrogen-bond donors (Lipinski definition) is 0. The Morgan fingerprint density at radius 1 is 1.00 bits per heavy atom. The van der Waals surface area contributed by atoms with Gasteiger partial charge in [0.05, 0.1) is 35.1 Å². The van der Waals surface area contributed by atoms with Gasteiger partial charge in [0, 0.05) is 24.8 Å². The van der Waals surface area contributed by atoms with Crippen molar-refractivity contribution in [2.24, 2.45) is 0 Å². The van der Waals surface area contributed by atoms with Gasteiger partial charge in [-0.05, 0) is 24.3 Å². The molecule has 0 bridgehead atoms. The van der Waals surface area contributed by atoms with Crippen LogP contribution in [-0.4, -0.2) is 45.6 Å². The van der Waals surface area contributed by atoms with Crippen LogP contribution in [0, 0.1) is 0 Å². The monoisotopic (exact) mass is 505 g/mol. The average molecular weight is 505 g/mol. The Morgan fingerprint density at radius 3 is 2.15 bits per heavy atom. The number of benzene rings is 1. The van der Waals surface area contributed by atoms with Gasteiger partial charge < -0.3 is 19.2 Å². The smallest absolute Gasteiger partial charge is 0.537 e. The summed E-state index contributed by atoms with van der Waals surface area (Å²) in [5.41, 5.74) is -4.92. The Bertz CT molecular complexity index is 1100. The van der Waals surface area contributed by atoms with E-state index in [-0.39, 0.29) is 47.8 Å². The number of nitrogens with zero attached hydrogens (tertiary/aromatic N) is 3. The zero-order valence-corrected chi connectivity index (χ0v) is 19.8. The third kappa shape index (κ3) is 6.59.